The van der Waals surface area contributed by atoms with Crippen LogP contribution in [-0.2, 0) is 11.3 Å². The number of nitrogens with one attached hydrogen (secondary N) is 2. The van der Waals surface area contributed by atoms with Gasteiger partial charge in [-0.05, 0) is 31.7 Å². The van der Waals surface area contributed by atoms with Crippen LogP contribution in [0.1, 0.15) is 44.6 Å². The molecule has 1 amide bonds. The number of benzene rings is 1. The van der Waals surface area contributed by atoms with Crippen LogP contribution in [0.25, 0.3) is 0 Å². The zero-order chi connectivity index (χ0) is 19.5. The van der Waals surface area contributed by atoms with Gasteiger partial charge in [-0.15, -0.1) is 24.0 Å². The van der Waals surface area contributed by atoms with Crippen molar-refractivity contribution in [2.45, 2.75) is 45.6 Å². The molecule has 8 nitrogen and oxygen atoms in total. The van der Waals surface area contributed by atoms with Gasteiger partial charge < -0.3 is 15.5 Å². The first kappa shape index (κ1) is 24.1. The molecular formula is C19H30IN5O3. The molecule has 1 heterocycles. The summed E-state index contributed by atoms with van der Waals surface area (Å²) in [7, 11) is 0. The van der Waals surface area contributed by atoms with Crippen molar-refractivity contribution in [3.63, 3.8) is 0 Å². The molecule has 0 unspecified atom stereocenters. The quantitative estimate of drug-likeness (QED) is 0.142. The minimum absolute atomic E-state index is 0. The number of halogens is 1. The third kappa shape index (κ3) is 8.41. The van der Waals surface area contributed by atoms with Crippen LogP contribution >= 0.6 is 24.0 Å². The molecule has 28 heavy (non-hydrogen) atoms. The maximum atomic E-state index is 12.0. The predicted molar refractivity (Wildman–Crippen MR) is 121 cm³/mol. The van der Waals surface area contributed by atoms with Gasteiger partial charge in [-0.1, -0.05) is 18.6 Å². The molecule has 156 valence electrons. The fourth-order valence-corrected chi connectivity index (χ4v) is 3.03. The predicted octanol–water partition coefficient (Wildman–Crippen LogP) is 3.06. The zero-order valence-electron chi connectivity index (χ0n) is 16.4. The van der Waals surface area contributed by atoms with E-state index in [1.165, 1.54) is 12.1 Å². The van der Waals surface area contributed by atoms with Gasteiger partial charge in [-0.25, -0.2) is 4.99 Å². The van der Waals surface area contributed by atoms with E-state index in [0.29, 0.717) is 25.5 Å². The zero-order valence-corrected chi connectivity index (χ0v) is 18.7. The Hall–Kier alpha value is -1.91. The molecule has 0 saturated carbocycles. The van der Waals surface area contributed by atoms with Crippen molar-refractivity contribution in [2.75, 3.05) is 26.2 Å². The standard InChI is InChI=1S/C19H29N5O3.HI/c1-2-20-19(22-15-16-8-6-9-17(14-16)24(26)27)21-11-7-13-23-12-5-3-4-10-18(23)25;/h6,8-9,14H,2-5,7,10-13,15H2,1H3,(H2,20,21,22);1H. The Morgan fingerprint density at radius 1 is 1.29 bits per heavy atom. The summed E-state index contributed by atoms with van der Waals surface area (Å²) in [6.07, 6.45) is 4.75. The van der Waals surface area contributed by atoms with E-state index in [9.17, 15) is 14.9 Å². The first-order valence-corrected chi connectivity index (χ1v) is 9.63. The lowest BCUT2D eigenvalue weighted by molar-refractivity contribution is -0.384. The SMILES string of the molecule is CCNC(=NCc1cccc([N+](=O)[O-])c1)NCCCN1CCCCCC1=O.I. The summed E-state index contributed by atoms with van der Waals surface area (Å²) >= 11 is 0. The van der Waals surface area contributed by atoms with Crippen LogP contribution in [0.4, 0.5) is 5.69 Å². The van der Waals surface area contributed by atoms with Crippen molar-refractivity contribution in [3.05, 3.63) is 39.9 Å². The average Bonchev–Trinajstić information content (AvgIpc) is 2.87. The summed E-state index contributed by atoms with van der Waals surface area (Å²) in [4.78, 5) is 28.9. The number of non-ortho nitro benzene ring substituents is 1. The van der Waals surface area contributed by atoms with E-state index in [1.54, 1.807) is 6.07 Å². The van der Waals surface area contributed by atoms with E-state index in [1.807, 2.05) is 17.9 Å². The number of amides is 1. The topological polar surface area (TPSA) is 99.9 Å². The van der Waals surface area contributed by atoms with Gasteiger partial charge in [-0.2, -0.15) is 0 Å². The summed E-state index contributed by atoms with van der Waals surface area (Å²) < 4.78 is 0. The highest BCUT2D eigenvalue weighted by atomic mass is 127. The Labute approximate surface area is 183 Å². The van der Waals surface area contributed by atoms with Crippen LogP contribution in [0, 0.1) is 10.1 Å². The molecule has 1 fully saturated rings. The number of carbonyl (C=O) groups is 1. The Kier molecular flexibility index (Phi) is 11.5. The highest BCUT2D eigenvalue weighted by Crippen LogP contribution is 2.14. The smallest absolute Gasteiger partial charge is 0.269 e. The fourth-order valence-electron chi connectivity index (χ4n) is 3.03. The molecular weight excluding hydrogens is 473 g/mol. The van der Waals surface area contributed by atoms with Crippen LogP contribution < -0.4 is 10.6 Å². The lowest BCUT2D eigenvalue weighted by Crippen LogP contribution is -2.39. The van der Waals surface area contributed by atoms with Crippen LogP contribution in [0.2, 0.25) is 0 Å². The van der Waals surface area contributed by atoms with Crippen molar-refractivity contribution < 1.29 is 9.72 Å². The van der Waals surface area contributed by atoms with Gasteiger partial charge >= 0.3 is 0 Å². The van der Waals surface area contributed by atoms with Crippen LogP contribution in [-0.4, -0.2) is 47.9 Å². The largest absolute Gasteiger partial charge is 0.357 e. The number of aliphatic imine (C=N–C) groups is 1. The average molecular weight is 503 g/mol. The molecule has 0 radical (unpaired) electrons. The number of guanidine groups is 1. The number of likely N-dealkylation sites (tertiary alicyclic amines) is 1. The van der Waals surface area contributed by atoms with Gasteiger partial charge in [0.25, 0.3) is 5.69 Å². The third-order valence-electron chi connectivity index (χ3n) is 4.45. The molecule has 0 atom stereocenters. The van der Waals surface area contributed by atoms with E-state index in [0.717, 1.165) is 50.9 Å². The van der Waals surface area contributed by atoms with Crippen molar-refractivity contribution in [1.29, 1.82) is 0 Å². The molecule has 9 heteroatoms. The van der Waals surface area contributed by atoms with Crippen molar-refractivity contribution in [3.8, 4) is 0 Å². The summed E-state index contributed by atoms with van der Waals surface area (Å²) in [6, 6.07) is 6.51. The molecule has 1 aliphatic rings. The normalized spacial score (nSPS) is 14.8. The van der Waals surface area contributed by atoms with Crippen LogP contribution in [0.5, 0.6) is 0 Å². The molecule has 2 N–H and O–H groups in total. The molecule has 0 bridgehead atoms. The first-order chi connectivity index (χ1) is 13.1. The van der Waals surface area contributed by atoms with E-state index >= 15 is 0 Å². The number of carbonyl (C=O) groups excluding carboxylic acids is 1. The van der Waals surface area contributed by atoms with Gasteiger partial charge in [0.15, 0.2) is 5.96 Å². The molecule has 2 rings (SSSR count). The van der Waals surface area contributed by atoms with E-state index < -0.39 is 4.92 Å². The van der Waals surface area contributed by atoms with Gasteiger partial charge in [0.2, 0.25) is 5.91 Å². The number of rotatable bonds is 8. The third-order valence-corrected chi connectivity index (χ3v) is 4.45. The molecule has 1 aliphatic heterocycles. The molecule has 0 spiro atoms. The molecule has 1 aromatic carbocycles. The maximum Gasteiger partial charge on any atom is 0.269 e. The van der Waals surface area contributed by atoms with Gasteiger partial charge in [0.1, 0.15) is 0 Å². The second kappa shape index (κ2) is 13.3. The molecule has 1 aromatic rings. The number of nitro groups is 1. The molecule has 1 saturated heterocycles. The van der Waals surface area contributed by atoms with E-state index in [4.69, 9.17) is 0 Å². The number of hydrogen-bond acceptors (Lipinski definition) is 4. The van der Waals surface area contributed by atoms with E-state index in [2.05, 4.69) is 15.6 Å². The van der Waals surface area contributed by atoms with Crippen molar-refractivity contribution in [1.82, 2.24) is 15.5 Å². The summed E-state index contributed by atoms with van der Waals surface area (Å²) in [5.74, 6) is 0.935. The fraction of sp³-hybridized carbons (Fsp3) is 0.579. The van der Waals surface area contributed by atoms with E-state index in [-0.39, 0.29) is 35.6 Å². The Morgan fingerprint density at radius 2 is 2.11 bits per heavy atom. The highest BCUT2D eigenvalue weighted by molar-refractivity contribution is 14.0. The summed E-state index contributed by atoms with van der Waals surface area (Å²) in [5, 5.41) is 17.3. The molecule has 0 aliphatic carbocycles. The molecule has 0 aromatic heterocycles. The summed E-state index contributed by atoms with van der Waals surface area (Å²) in [6.45, 7) is 5.41. The first-order valence-electron chi connectivity index (χ1n) is 9.63. The Balaban J connectivity index is 0.00000392. The van der Waals surface area contributed by atoms with Crippen LogP contribution in [0.15, 0.2) is 29.3 Å². The minimum Gasteiger partial charge on any atom is -0.357 e. The number of nitrogens with zero attached hydrogens (tertiary/aromatic N) is 3. The number of nitro benzene ring substituents is 1. The lowest BCUT2D eigenvalue weighted by Gasteiger charge is -2.20. The summed E-state index contributed by atoms with van der Waals surface area (Å²) in [5.41, 5.74) is 0.861. The monoisotopic (exact) mass is 503 g/mol. The Morgan fingerprint density at radius 3 is 2.86 bits per heavy atom. The van der Waals surface area contributed by atoms with Gasteiger partial charge in [-0.3, -0.25) is 14.9 Å². The minimum atomic E-state index is -0.402. The van der Waals surface area contributed by atoms with Crippen molar-refractivity contribution >= 4 is 41.5 Å². The Bertz CT molecular complexity index is 669. The highest BCUT2D eigenvalue weighted by Gasteiger charge is 2.15. The van der Waals surface area contributed by atoms with Crippen LogP contribution in [0.3, 0.4) is 0 Å². The van der Waals surface area contributed by atoms with Crippen molar-refractivity contribution in [2.24, 2.45) is 4.99 Å². The van der Waals surface area contributed by atoms with Gasteiger partial charge in [0, 0.05) is 44.7 Å². The second-order valence-corrected chi connectivity index (χ2v) is 6.59. The second-order valence-electron chi connectivity index (χ2n) is 6.59. The number of hydrogen-bond donors (Lipinski definition) is 2. The lowest BCUT2D eigenvalue weighted by atomic mass is 10.2. The maximum absolute atomic E-state index is 12.0. The van der Waals surface area contributed by atoms with Gasteiger partial charge in [0.05, 0.1) is 11.5 Å².